The lowest BCUT2D eigenvalue weighted by molar-refractivity contribution is -0.136. The monoisotopic (exact) mass is 643 g/mol. The van der Waals surface area contributed by atoms with E-state index in [1.807, 2.05) is 17.0 Å². The topological polar surface area (TPSA) is 197 Å². The molecular formula is C31H33N9O7. The first kappa shape index (κ1) is 31.2. The third kappa shape index (κ3) is 7.06. The largest absolute Gasteiger partial charge is 0.491 e. The van der Waals surface area contributed by atoms with Crippen LogP contribution < -0.4 is 25.3 Å². The van der Waals surface area contributed by atoms with Crippen LogP contribution in [0.4, 0.5) is 16.4 Å². The van der Waals surface area contributed by atoms with Crippen LogP contribution in [0.2, 0.25) is 0 Å². The van der Waals surface area contributed by atoms with Crippen molar-refractivity contribution in [2.24, 2.45) is 9.98 Å². The fraction of sp³-hybridized carbons (Fsp3) is 0.323. The van der Waals surface area contributed by atoms with Crippen LogP contribution in [-0.4, -0.2) is 119 Å². The second kappa shape index (κ2) is 13.7. The number of anilines is 1. The molecular weight excluding hydrogens is 610 g/mol. The van der Waals surface area contributed by atoms with E-state index in [9.17, 15) is 14.4 Å². The Morgan fingerprint density at radius 1 is 1.00 bits per heavy atom. The number of nitrogens with zero attached hydrogens (tertiary/aromatic N) is 7. The van der Waals surface area contributed by atoms with E-state index in [-0.39, 0.29) is 17.9 Å². The molecule has 3 aromatic rings. The number of fused-ring (bicyclic) bond motifs is 3. The predicted octanol–water partition coefficient (Wildman–Crippen LogP) is 1.38. The number of hydrogen-bond acceptors (Lipinski definition) is 13. The molecule has 3 aliphatic heterocycles. The number of benzene rings is 2. The lowest BCUT2D eigenvalue weighted by Crippen LogP contribution is -2.50. The number of aliphatic imine (C=N–C) groups is 2. The Hall–Kier alpha value is -5.77. The quantitative estimate of drug-likeness (QED) is 0.303. The lowest BCUT2D eigenvalue weighted by atomic mass is 10.1. The zero-order valence-corrected chi connectivity index (χ0v) is 25.6. The summed E-state index contributed by atoms with van der Waals surface area (Å²) < 4.78 is 17.4. The predicted molar refractivity (Wildman–Crippen MR) is 169 cm³/mol. The number of piperazine rings is 1. The number of methoxy groups -OCH3 is 1. The van der Waals surface area contributed by atoms with E-state index in [2.05, 4.69) is 25.2 Å². The summed E-state index contributed by atoms with van der Waals surface area (Å²) >= 11 is 0. The maximum Gasteiger partial charge on any atom is 0.415 e. The summed E-state index contributed by atoms with van der Waals surface area (Å²) in [4.78, 5) is 59.3. The normalized spacial score (nSPS) is 15.6. The van der Waals surface area contributed by atoms with Crippen LogP contribution in [0.5, 0.6) is 17.2 Å². The SMILES string of the molecule is COc1c(OCCN2CCN(C(=O)Oc3ccc(CC(=O)O)cc3)CC2)ccc2c1N=C(NC(=O)c1cnc(N)nc1)N1CCN=C21. The number of amides is 2. The minimum atomic E-state index is -0.923. The molecule has 0 spiro atoms. The molecule has 47 heavy (non-hydrogen) atoms. The maximum absolute atomic E-state index is 12.9. The Kier molecular flexibility index (Phi) is 9.10. The van der Waals surface area contributed by atoms with Gasteiger partial charge in [0.25, 0.3) is 5.91 Å². The van der Waals surface area contributed by atoms with Crippen molar-refractivity contribution in [3.05, 3.63) is 65.5 Å². The van der Waals surface area contributed by atoms with Gasteiger partial charge in [0.2, 0.25) is 11.9 Å². The summed E-state index contributed by atoms with van der Waals surface area (Å²) in [6.45, 7) is 4.33. The Morgan fingerprint density at radius 2 is 1.74 bits per heavy atom. The zero-order valence-electron chi connectivity index (χ0n) is 25.6. The van der Waals surface area contributed by atoms with E-state index in [0.29, 0.717) is 92.7 Å². The first-order valence-electron chi connectivity index (χ1n) is 14.9. The van der Waals surface area contributed by atoms with Crippen LogP contribution >= 0.6 is 0 Å². The van der Waals surface area contributed by atoms with E-state index >= 15 is 0 Å². The van der Waals surface area contributed by atoms with Gasteiger partial charge in [-0.2, -0.15) is 0 Å². The molecule has 4 heterocycles. The number of nitrogens with one attached hydrogen (secondary N) is 1. The van der Waals surface area contributed by atoms with Crippen LogP contribution in [-0.2, 0) is 11.2 Å². The van der Waals surface area contributed by atoms with E-state index in [0.717, 1.165) is 5.56 Å². The number of carboxylic acid groups (broad SMARTS) is 1. The molecule has 0 radical (unpaired) electrons. The summed E-state index contributed by atoms with van der Waals surface area (Å²) in [5.74, 6) is 0.964. The fourth-order valence-electron chi connectivity index (χ4n) is 5.38. The number of rotatable bonds is 9. The number of carbonyl (C=O) groups is 3. The van der Waals surface area contributed by atoms with Crippen molar-refractivity contribution in [2.75, 3.05) is 65.3 Å². The second-order valence-electron chi connectivity index (χ2n) is 10.8. The molecule has 0 saturated carbocycles. The number of hydrogen-bond donors (Lipinski definition) is 3. The molecule has 0 unspecified atom stereocenters. The molecule has 6 rings (SSSR count). The average molecular weight is 644 g/mol. The first-order valence-corrected chi connectivity index (χ1v) is 14.9. The second-order valence-corrected chi connectivity index (χ2v) is 10.8. The molecule has 1 saturated heterocycles. The van der Waals surface area contributed by atoms with Gasteiger partial charge in [-0.25, -0.2) is 19.8 Å². The number of ether oxygens (including phenoxy) is 3. The minimum absolute atomic E-state index is 0.0686. The van der Waals surface area contributed by atoms with Gasteiger partial charge in [-0.1, -0.05) is 12.1 Å². The molecule has 0 aliphatic carbocycles. The Morgan fingerprint density at radius 3 is 2.45 bits per heavy atom. The molecule has 1 fully saturated rings. The van der Waals surface area contributed by atoms with E-state index in [1.165, 1.54) is 19.5 Å². The molecule has 0 atom stereocenters. The van der Waals surface area contributed by atoms with Crippen LogP contribution in [0.25, 0.3) is 0 Å². The summed E-state index contributed by atoms with van der Waals surface area (Å²) in [5, 5.41) is 11.7. The van der Waals surface area contributed by atoms with Gasteiger partial charge < -0.3 is 30.0 Å². The van der Waals surface area contributed by atoms with E-state index in [4.69, 9.17) is 30.0 Å². The van der Waals surface area contributed by atoms with Crippen molar-refractivity contribution in [1.82, 2.24) is 30.0 Å². The standard InChI is InChI=1S/C31H33N9O7/c1-45-26-23(46-15-14-38-10-12-39(13-11-38)31(44)47-21-4-2-19(3-5-21)16-24(41)42)7-6-22-25(26)36-30(40-9-8-33-27(22)40)37-28(43)20-17-34-29(32)35-18-20/h2-7,17-18H,8-16H2,1H3,(H,41,42)(H2,32,34,35)(H,36,37,43). The molecule has 1 aromatic heterocycles. The molecule has 16 nitrogen and oxygen atoms in total. The number of carboxylic acids is 1. The number of aromatic nitrogens is 2. The lowest BCUT2D eigenvalue weighted by Gasteiger charge is -2.34. The number of guanidine groups is 1. The van der Waals surface area contributed by atoms with Crippen molar-refractivity contribution < 1.29 is 33.7 Å². The third-order valence-corrected chi connectivity index (χ3v) is 7.79. The van der Waals surface area contributed by atoms with Gasteiger partial charge >= 0.3 is 12.1 Å². The van der Waals surface area contributed by atoms with Crippen molar-refractivity contribution in [3.63, 3.8) is 0 Å². The van der Waals surface area contributed by atoms with Gasteiger partial charge in [0.15, 0.2) is 11.5 Å². The maximum atomic E-state index is 12.9. The highest BCUT2D eigenvalue weighted by molar-refractivity contribution is 6.20. The number of nitrogen functional groups attached to an aromatic ring is 1. The van der Waals surface area contributed by atoms with Crippen LogP contribution in [0, 0.1) is 0 Å². The highest BCUT2D eigenvalue weighted by Crippen LogP contribution is 2.43. The molecule has 2 aromatic carbocycles. The average Bonchev–Trinajstić information content (AvgIpc) is 3.57. The Labute approximate surface area is 269 Å². The molecule has 0 bridgehead atoms. The summed E-state index contributed by atoms with van der Waals surface area (Å²) in [6.07, 6.45) is 2.15. The van der Waals surface area contributed by atoms with Gasteiger partial charge in [-0.3, -0.25) is 29.7 Å². The molecule has 244 valence electrons. The van der Waals surface area contributed by atoms with Gasteiger partial charge in [0.05, 0.1) is 25.6 Å². The highest BCUT2D eigenvalue weighted by Gasteiger charge is 2.33. The zero-order chi connectivity index (χ0) is 32.9. The van der Waals surface area contributed by atoms with Gasteiger partial charge in [-0.05, 0) is 29.8 Å². The highest BCUT2D eigenvalue weighted by atomic mass is 16.6. The smallest absolute Gasteiger partial charge is 0.415 e. The minimum Gasteiger partial charge on any atom is -0.491 e. The summed E-state index contributed by atoms with van der Waals surface area (Å²) in [6, 6.07) is 10.1. The van der Waals surface area contributed by atoms with Gasteiger partial charge in [0.1, 0.15) is 23.9 Å². The first-order chi connectivity index (χ1) is 22.8. The van der Waals surface area contributed by atoms with Crippen LogP contribution in [0.15, 0.2) is 58.8 Å². The number of aliphatic carboxylic acids is 1. The summed E-state index contributed by atoms with van der Waals surface area (Å²) in [5.41, 5.74) is 7.67. The van der Waals surface area contributed by atoms with Gasteiger partial charge in [-0.15, -0.1) is 0 Å². The molecule has 2 amide bonds. The van der Waals surface area contributed by atoms with Crippen LogP contribution in [0.3, 0.4) is 0 Å². The molecule has 16 heteroatoms. The van der Waals surface area contributed by atoms with Crippen molar-refractivity contribution >= 4 is 41.4 Å². The number of carbonyl (C=O) groups excluding carboxylic acids is 2. The van der Waals surface area contributed by atoms with Crippen molar-refractivity contribution in [2.45, 2.75) is 6.42 Å². The van der Waals surface area contributed by atoms with Crippen molar-refractivity contribution in [3.8, 4) is 17.2 Å². The third-order valence-electron chi connectivity index (χ3n) is 7.79. The Balaban J connectivity index is 1.05. The number of amidine groups is 1. The fourth-order valence-corrected chi connectivity index (χ4v) is 5.38. The number of nitrogens with two attached hydrogens (primary N) is 1. The van der Waals surface area contributed by atoms with Crippen molar-refractivity contribution in [1.29, 1.82) is 0 Å². The van der Waals surface area contributed by atoms with E-state index in [1.54, 1.807) is 29.2 Å². The molecule has 4 N–H and O–H groups in total. The molecule has 3 aliphatic rings. The van der Waals surface area contributed by atoms with E-state index < -0.39 is 18.0 Å². The van der Waals surface area contributed by atoms with Crippen LogP contribution in [0.1, 0.15) is 21.5 Å². The van der Waals surface area contributed by atoms with Gasteiger partial charge in [0, 0.05) is 57.2 Å². The summed E-state index contributed by atoms with van der Waals surface area (Å²) in [7, 11) is 1.54. The Bertz CT molecular complexity index is 1720.